The number of hydrogen-bond acceptors (Lipinski definition) is 3. The van der Waals surface area contributed by atoms with Crippen LogP contribution >= 0.6 is 0 Å². The summed E-state index contributed by atoms with van der Waals surface area (Å²) in [5, 5.41) is 23.3. The van der Waals surface area contributed by atoms with E-state index in [0.717, 1.165) is 25.7 Å². The summed E-state index contributed by atoms with van der Waals surface area (Å²) in [6.45, 7) is 4.40. The molecule has 61 heavy (non-hydrogen) atoms. The van der Waals surface area contributed by atoms with Gasteiger partial charge in [-0.15, -0.1) is 0 Å². The summed E-state index contributed by atoms with van der Waals surface area (Å²) in [5.41, 5.74) is 0. The zero-order chi connectivity index (χ0) is 44.2. The molecule has 0 aromatic carbocycles. The summed E-state index contributed by atoms with van der Waals surface area (Å²) in [5.74, 6) is -0.0227. The van der Waals surface area contributed by atoms with E-state index >= 15 is 0 Å². The lowest BCUT2D eigenvalue weighted by Gasteiger charge is -2.22. The first kappa shape index (κ1) is 60.4. The van der Waals surface area contributed by atoms with Gasteiger partial charge in [-0.2, -0.15) is 0 Å². The zero-order valence-electron chi connectivity index (χ0n) is 42.2. The number of aliphatic hydroxyl groups is 2. The van der Waals surface area contributed by atoms with Gasteiger partial charge in [-0.1, -0.05) is 322 Å². The summed E-state index contributed by atoms with van der Waals surface area (Å²) in [6, 6.07) is -0.531. The van der Waals surface area contributed by atoms with Gasteiger partial charge in [-0.25, -0.2) is 0 Å². The molecule has 4 heteroatoms. The van der Waals surface area contributed by atoms with E-state index < -0.39 is 12.1 Å². The fraction of sp³-hybridized carbons (Fsp3) is 0.982. The molecule has 4 nitrogen and oxygen atoms in total. The number of carbonyl (C=O) groups excluding carboxylic acids is 1. The second-order valence-corrected chi connectivity index (χ2v) is 20.1. The van der Waals surface area contributed by atoms with Gasteiger partial charge in [0.1, 0.15) is 0 Å². The zero-order valence-corrected chi connectivity index (χ0v) is 42.2. The number of nitrogens with one attached hydrogen (secondary N) is 1. The van der Waals surface area contributed by atoms with Crippen LogP contribution in [0, 0.1) is 0 Å². The van der Waals surface area contributed by atoms with Crippen molar-refractivity contribution >= 4 is 5.91 Å². The highest BCUT2D eigenvalue weighted by Gasteiger charge is 2.20. The monoisotopic (exact) mass is 862 g/mol. The second kappa shape index (κ2) is 53.7. The molecule has 0 aliphatic rings. The van der Waals surface area contributed by atoms with Crippen molar-refractivity contribution in [2.24, 2.45) is 0 Å². The van der Waals surface area contributed by atoms with E-state index in [4.69, 9.17) is 0 Å². The van der Waals surface area contributed by atoms with Gasteiger partial charge in [0.15, 0.2) is 0 Å². The van der Waals surface area contributed by atoms with E-state index in [2.05, 4.69) is 19.2 Å². The van der Waals surface area contributed by atoms with Crippen molar-refractivity contribution in [3.05, 3.63) is 0 Å². The normalized spacial score (nSPS) is 12.7. The minimum absolute atomic E-state index is 0.0227. The molecule has 0 rings (SSSR count). The Morgan fingerprint density at radius 3 is 0.738 bits per heavy atom. The summed E-state index contributed by atoms with van der Waals surface area (Å²) < 4.78 is 0. The second-order valence-electron chi connectivity index (χ2n) is 20.1. The van der Waals surface area contributed by atoms with Gasteiger partial charge in [-0.3, -0.25) is 4.79 Å². The van der Waals surface area contributed by atoms with Crippen molar-refractivity contribution < 1.29 is 15.0 Å². The van der Waals surface area contributed by atoms with Gasteiger partial charge in [0.05, 0.1) is 18.8 Å². The Hall–Kier alpha value is -0.610. The van der Waals surface area contributed by atoms with Crippen LogP contribution < -0.4 is 5.32 Å². The fourth-order valence-electron chi connectivity index (χ4n) is 9.48. The van der Waals surface area contributed by atoms with E-state index in [-0.39, 0.29) is 12.5 Å². The highest BCUT2D eigenvalue weighted by Crippen LogP contribution is 2.19. The minimum atomic E-state index is -0.655. The quantitative estimate of drug-likeness (QED) is 0.0534. The Balaban J connectivity index is 3.37. The molecule has 2 atom stereocenters. The molecule has 0 fully saturated rings. The first-order chi connectivity index (χ1) is 30.2. The van der Waals surface area contributed by atoms with Crippen molar-refractivity contribution in [2.75, 3.05) is 6.61 Å². The predicted octanol–water partition coefficient (Wildman–Crippen LogP) is 18.8. The number of aliphatic hydroxyl groups excluding tert-OH is 2. The van der Waals surface area contributed by atoms with Crippen LogP contribution in [0.15, 0.2) is 0 Å². The first-order valence-corrected chi connectivity index (χ1v) is 28.7. The smallest absolute Gasteiger partial charge is 0.220 e. The Morgan fingerprint density at radius 1 is 0.328 bits per heavy atom. The van der Waals surface area contributed by atoms with E-state index in [1.54, 1.807) is 0 Å². The fourth-order valence-corrected chi connectivity index (χ4v) is 9.48. The van der Waals surface area contributed by atoms with Crippen LogP contribution in [-0.2, 0) is 4.79 Å². The molecule has 2 unspecified atom stereocenters. The van der Waals surface area contributed by atoms with E-state index in [0.29, 0.717) is 12.8 Å². The van der Waals surface area contributed by atoms with Crippen LogP contribution in [0.1, 0.15) is 341 Å². The van der Waals surface area contributed by atoms with Gasteiger partial charge >= 0.3 is 0 Å². The minimum Gasteiger partial charge on any atom is -0.394 e. The molecule has 0 radical (unpaired) electrons. The number of rotatable bonds is 54. The molecule has 0 saturated heterocycles. The van der Waals surface area contributed by atoms with E-state index in [1.165, 1.54) is 289 Å². The molecule has 3 N–H and O–H groups in total. The average molecular weight is 863 g/mol. The lowest BCUT2D eigenvalue weighted by atomic mass is 10.0. The first-order valence-electron chi connectivity index (χ1n) is 28.7. The third-order valence-electron chi connectivity index (χ3n) is 13.9. The third kappa shape index (κ3) is 50.3. The molecule has 0 spiro atoms. The van der Waals surface area contributed by atoms with Crippen LogP contribution in [0.2, 0.25) is 0 Å². The molecule has 0 aliphatic heterocycles. The van der Waals surface area contributed by atoms with Gasteiger partial charge in [0, 0.05) is 6.42 Å². The molecule has 0 bridgehead atoms. The Morgan fingerprint density at radius 2 is 0.525 bits per heavy atom. The molecule has 0 heterocycles. The third-order valence-corrected chi connectivity index (χ3v) is 13.9. The summed E-state index contributed by atoms with van der Waals surface area (Å²) in [7, 11) is 0. The van der Waals surface area contributed by atoms with Crippen LogP contribution in [0.3, 0.4) is 0 Å². The SMILES string of the molecule is CCCCCCCCCCCCCCCCCCCCCCCCCCCCCCCCCC(O)C(CO)NC(=O)CCCCCCCCCCCCCCCCCCCC. The lowest BCUT2D eigenvalue weighted by molar-refractivity contribution is -0.123. The van der Waals surface area contributed by atoms with Crippen LogP contribution in [0.25, 0.3) is 0 Å². The van der Waals surface area contributed by atoms with Crippen molar-refractivity contribution in [3.63, 3.8) is 0 Å². The summed E-state index contributed by atoms with van der Waals surface area (Å²) in [4.78, 5) is 12.5. The molecular weight excluding hydrogens is 747 g/mol. The van der Waals surface area contributed by atoms with Gasteiger partial charge in [0.25, 0.3) is 0 Å². The molecule has 366 valence electrons. The lowest BCUT2D eigenvalue weighted by Crippen LogP contribution is -2.45. The predicted molar refractivity (Wildman–Crippen MR) is 272 cm³/mol. The maximum absolute atomic E-state index is 12.5. The van der Waals surface area contributed by atoms with Crippen molar-refractivity contribution in [3.8, 4) is 0 Å². The highest BCUT2D eigenvalue weighted by atomic mass is 16.3. The van der Waals surface area contributed by atoms with Crippen LogP contribution in [0.5, 0.6) is 0 Å². The Labute approximate surface area is 384 Å². The van der Waals surface area contributed by atoms with E-state index in [9.17, 15) is 15.0 Å². The van der Waals surface area contributed by atoms with E-state index in [1.807, 2.05) is 0 Å². The summed E-state index contributed by atoms with van der Waals surface area (Å²) >= 11 is 0. The number of carbonyl (C=O) groups is 1. The largest absolute Gasteiger partial charge is 0.394 e. The van der Waals surface area contributed by atoms with Gasteiger partial charge < -0.3 is 15.5 Å². The topological polar surface area (TPSA) is 69.6 Å². The van der Waals surface area contributed by atoms with Crippen LogP contribution in [-0.4, -0.2) is 34.9 Å². The maximum Gasteiger partial charge on any atom is 0.220 e. The highest BCUT2D eigenvalue weighted by molar-refractivity contribution is 5.76. The molecule has 0 aromatic rings. The van der Waals surface area contributed by atoms with Crippen LogP contribution in [0.4, 0.5) is 0 Å². The number of unbranched alkanes of at least 4 members (excludes halogenated alkanes) is 47. The van der Waals surface area contributed by atoms with Crippen molar-refractivity contribution in [1.29, 1.82) is 0 Å². The molecule has 0 saturated carbocycles. The average Bonchev–Trinajstić information content (AvgIpc) is 3.26. The summed E-state index contributed by atoms with van der Waals surface area (Å²) in [6.07, 6.45) is 68.2. The van der Waals surface area contributed by atoms with Crippen molar-refractivity contribution in [1.82, 2.24) is 5.32 Å². The Bertz CT molecular complexity index is 803. The van der Waals surface area contributed by atoms with Gasteiger partial charge in [-0.05, 0) is 12.8 Å². The molecular formula is C57H115NO3. The number of amides is 1. The molecule has 0 aliphatic carbocycles. The van der Waals surface area contributed by atoms with Gasteiger partial charge in [0.2, 0.25) is 5.91 Å². The molecule has 0 aromatic heterocycles. The Kier molecular flexibility index (Phi) is 53.2. The van der Waals surface area contributed by atoms with Crippen molar-refractivity contribution in [2.45, 2.75) is 353 Å². The standard InChI is InChI=1S/C57H115NO3/c1-3-5-7-9-11-13-15-17-19-21-23-24-25-26-27-28-29-30-31-32-33-34-35-36-38-40-42-44-46-48-50-52-56(60)55(54-59)58-57(61)53-51-49-47-45-43-41-39-37-22-20-18-16-14-12-10-8-6-4-2/h55-56,59-60H,3-54H2,1-2H3,(H,58,61). The number of hydrogen-bond donors (Lipinski definition) is 3. The maximum atomic E-state index is 12.5. The molecule has 1 amide bonds.